The van der Waals surface area contributed by atoms with E-state index >= 15 is 0 Å². The highest BCUT2D eigenvalue weighted by molar-refractivity contribution is 9.10. The van der Waals surface area contributed by atoms with Crippen molar-refractivity contribution >= 4 is 39.1 Å². The quantitative estimate of drug-likeness (QED) is 0.672. The number of benzene rings is 2. The van der Waals surface area contributed by atoms with Crippen LogP contribution >= 0.6 is 15.9 Å². The molecule has 23 heavy (non-hydrogen) atoms. The van der Waals surface area contributed by atoms with Crippen LogP contribution in [0.25, 0.3) is 0 Å². The van der Waals surface area contributed by atoms with Crippen LogP contribution in [0.5, 0.6) is 0 Å². The minimum absolute atomic E-state index is 0.274. The molecular weight excluding hydrogens is 366 g/mol. The SMILES string of the molecule is Fc1ccc(Nc2nccc(Nc3cccc(Br)c3)n2)cc1F. The van der Waals surface area contributed by atoms with Gasteiger partial charge in [0.15, 0.2) is 11.6 Å². The summed E-state index contributed by atoms with van der Waals surface area (Å²) in [4.78, 5) is 8.34. The Hall–Kier alpha value is -2.54. The Bertz CT molecular complexity index is 842. The molecule has 0 spiro atoms. The van der Waals surface area contributed by atoms with Crippen LogP contribution in [-0.2, 0) is 0 Å². The van der Waals surface area contributed by atoms with Crippen LogP contribution in [0.4, 0.5) is 31.9 Å². The van der Waals surface area contributed by atoms with Crippen LogP contribution in [0, 0.1) is 11.6 Å². The highest BCUT2D eigenvalue weighted by Gasteiger charge is 2.05. The number of aromatic nitrogens is 2. The van der Waals surface area contributed by atoms with Gasteiger partial charge in [-0.2, -0.15) is 4.98 Å². The number of nitrogens with zero attached hydrogens (tertiary/aromatic N) is 2. The van der Waals surface area contributed by atoms with Gasteiger partial charge in [0.25, 0.3) is 0 Å². The van der Waals surface area contributed by atoms with Crippen molar-refractivity contribution in [2.45, 2.75) is 0 Å². The molecule has 0 fully saturated rings. The molecular formula is C16H11BrF2N4. The van der Waals surface area contributed by atoms with Crippen molar-refractivity contribution in [3.05, 3.63) is 70.8 Å². The number of anilines is 4. The van der Waals surface area contributed by atoms with E-state index in [1.807, 2.05) is 24.3 Å². The van der Waals surface area contributed by atoms with Crippen molar-refractivity contribution in [2.24, 2.45) is 0 Å². The first kappa shape index (κ1) is 15.4. The van der Waals surface area contributed by atoms with Crippen LogP contribution in [0.2, 0.25) is 0 Å². The standard InChI is InChI=1S/C16H11BrF2N4/c17-10-2-1-3-11(8-10)21-15-6-7-20-16(23-15)22-12-4-5-13(18)14(19)9-12/h1-9H,(H2,20,21,22,23). The fourth-order valence-electron chi connectivity index (χ4n) is 1.91. The van der Waals surface area contributed by atoms with Gasteiger partial charge in [-0.05, 0) is 36.4 Å². The van der Waals surface area contributed by atoms with Crippen LogP contribution < -0.4 is 10.6 Å². The van der Waals surface area contributed by atoms with E-state index in [9.17, 15) is 8.78 Å². The molecule has 0 saturated heterocycles. The normalized spacial score (nSPS) is 10.4. The smallest absolute Gasteiger partial charge is 0.229 e. The summed E-state index contributed by atoms with van der Waals surface area (Å²) in [6.07, 6.45) is 1.57. The van der Waals surface area contributed by atoms with Gasteiger partial charge >= 0.3 is 0 Å². The molecule has 0 unspecified atom stereocenters. The van der Waals surface area contributed by atoms with E-state index in [4.69, 9.17) is 0 Å². The lowest BCUT2D eigenvalue weighted by Gasteiger charge is -2.09. The second-order valence-corrected chi connectivity index (χ2v) is 5.57. The molecule has 0 saturated carbocycles. The lowest BCUT2D eigenvalue weighted by molar-refractivity contribution is 0.509. The molecule has 116 valence electrons. The van der Waals surface area contributed by atoms with Crippen LogP contribution in [0.15, 0.2) is 59.2 Å². The van der Waals surface area contributed by atoms with Crippen molar-refractivity contribution < 1.29 is 8.78 Å². The number of hydrogen-bond donors (Lipinski definition) is 2. The molecule has 0 radical (unpaired) electrons. The molecule has 0 atom stereocenters. The average molecular weight is 377 g/mol. The summed E-state index contributed by atoms with van der Waals surface area (Å²) in [6.45, 7) is 0. The fraction of sp³-hybridized carbons (Fsp3) is 0. The van der Waals surface area contributed by atoms with Crippen LogP contribution in [0.1, 0.15) is 0 Å². The lowest BCUT2D eigenvalue weighted by Crippen LogP contribution is -2.01. The Labute approximate surface area is 139 Å². The second-order valence-electron chi connectivity index (χ2n) is 4.65. The maximum Gasteiger partial charge on any atom is 0.229 e. The third-order valence-electron chi connectivity index (χ3n) is 2.93. The lowest BCUT2D eigenvalue weighted by atomic mass is 10.3. The zero-order valence-electron chi connectivity index (χ0n) is 11.7. The number of hydrogen-bond acceptors (Lipinski definition) is 4. The van der Waals surface area contributed by atoms with Crippen molar-refractivity contribution in [1.29, 1.82) is 0 Å². The average Bonchev–Trinajstić information content (AvgIpc) is 2.51. The molecule has 0 bridgehead atoms. The highest BCUT2D eigenvalue weighted by atomic mass is 79.9. The van der Waals surface area contributed by atoms with Gasteiger partial charge in [0.05, 0.1) is 0 Å². The molecule has 2 aromatic carbocycles. The van der Waals surface area contributed by atoms with Gasteiger partial charge in [0, 0.05) is 28.1 Å². The van der Waals surface area contributed by atoms with E-state index in [2.05, 4.69) is 36.5 Å². The Morgan fingerprint density at radius 3 is 2.48 bits per heavy atom. The van der Waals surface area contributed by atoms with Crippen molar-refractivity contribution in [3.63, 3.8) is 0 Å². The second kappa shape index (κ2) is 6.70. The summed E-state index contributed by atoms with van der Waals surface area (Å²) in [5.41, 5.74) is 1.22. The Balaban J connectivity index is 1.78. The minimum Gasteiger partial charge on any atom is -0.340 e. The summed E-state index contributed by atoms with van der Waals surface area (Å²) in [6, 6.07) is 12.8. The molecule has 0 amide bonds. The van der Waals surface area contributed by atoms with E-state index < -0.39 is 11.6 Å². The third kappa shape index (κ3) is 4.01. The molecule has 1 aromatic heterocycles. The zero-order valence-corrected chi connectivity index (χ0v) is 13.3. The molecule has 1 heterocycles. The maximum atomic E-state index is 13.2. The molecule has 3 rings (SSSR count). The molecule has 0 aliphatic heterocycles. The summed E-state index contributed by atoms with van der Waals surface area (Å²) in [7, 11) is 0. The Morgan fingerprint density at radius 1 is 0.870 bits per heavy atom. The minimum atomic E-state index is -0.932. The molecule has 0 aliphatic carbocycles. The van der Waals surface area contributed by atoms with Gasteiger partial charge in [0.2, 0.25) is 5.95 Å². The highest BCUT2D eigenvalue weighted by Crippen LogP contribution is 2.21. The van der Waals surface area contributed by atoms with E-state index in [1.54, 1.807) is 12.3 Å². The Morgan fingerprint density at radius 2 is 1.70 bits per heavy atom. The topological polar surface area (TPSA) is 49.8 Å². The van der Waals surface area contributed by atoms with Gasteiger partial charge in [-0.3, -0.25) is 0 Å². The predicted octanol–water partition coefficient (Wildman–Crippen LogP) is 5.00. The predicted molar refractivity (Wildman–Crippen MR) is 89.1 cm³/mol. The zero-order chi connectivity index (χ0) is 16.2. The summed E-state index contributed by atoms with van der Waals surface area (Å²) >= 11 is 3.40. The Kier molecular flexibility index (Phi) is 4.47. The van der Waals surface area contributed by atoms with Gasteiger partial charge in [0.1, 0.15) is 5.82 Å². The summed E-state index contributed by atoms with van der Waals surface area (Å²) in [5.74, 6) is -0.987. The summed E-state index contributed by atoms with van der Waals surface area (Å²) in [5, 5.41) is 5.97. The maximum absolute atomic E-state index is 13.2. The number of halogens is 3. The van der Waals surface area contributed by atoms with Gasteiger partial charge < -0.3 is 10.6 Å². The monoisotopic (exact) mass is 376 g/mol. The first-order valence-electron chi connectivity index (χ1n) is 6.68. The van der Waals surface area contributed by atoms with E-state index in [-0.39, 0.29) is 5.95 Å². The largest absolute Gasteiger partial charge is 0.340 e. The number of rotatable bonds is 4. The van der Waals surface area contributed by atoms with Gasteiger partial charge in [-0.15, -0.1) is 0 Å². The first-order valence-corrected chi connectivity index (χ1v) is 7.47. The van der Waals surface area contributed by atoms with E-state index in [1.165, 1.54) is 6.07 Å². The molecule has 7 heteroatoms. The molecule has 2 N–H and O–H groups in total. The number of nitrogens with one attached hydrogen (secondary N) is 2. The summed E-state index contributed by atoms with van der Waals surface area (Å²) < 4.78 is 27.1. The molecule has 0 aliphatic rings. The first-order chi connectivity index (χ1) is 11.1. The van der Waals surface area contributed by atoms with E-state index in [0.717, 1.165) is 22.3 Å². The molecule has 4 nitrogen and oxygen atoms in total. The van der Waals surface area contributed by atoms with E-state index in [0.29, 0.717) is 11.5 Å². The molecule has 3 aromatic rings. The van der Waals surface area contributed by atoms with Crippen LogP contribution in [0.3, 0.4) is 0 Å². The van der Waals surface area contributed by atoms with Crippen molar-refractivity contribution in [2.75, 3.05) is 10.6 Å². The van der Waals surface area contributed by atoms with Gasteiger partial charge in [-0.25, -0.2) is 13.8 Å². The van der Waals surface area contributed by atoms with Crippen LogP contribution in [-0.4, -0.2) is 9.97 Å². The van der Waals surface area contributed by atoms with Crippen molar-refractivity contribution in [1.82, 2.24) is 9.97 Å². The van der Waals surface area contributed by atoms with Crippen molar-refractivity contribution in [3.8, 4) is 0 Å². The van der Waals surface area contributed by atoms with Gasteiger partial charge in [-0.1, -0.05) is 22.0 Å². The third-order valence-corrected chi connectivity index (χ3v) is 3.42. The fourth-order valence-corrected chi connectivity index (χ4v) is 2.30.